The van der Waals surface area contributed by atoms with Gasteiger partial charge in [-0.1, -0.05) is 51.9 Å². The highest BCUT2D eigenvalue weighted by atomic mass is 79.9. The predicted octanol–water partition coefficient (Wildman–Crippen LogP) is 5.40. The summed E-state index contributed by atoms with van der Waals surface area (Å²) in [7, 11) is 0. The molecule has 0 spiro atoms. The number of halogens is 1. The Labute approximate surface area is 120 Å². The predicted molar refractivity (Wildman–Crippen MR) is 82.0 cm³/mol. The van der Waals surface area contributed by atoms with Gasteiger partial charge in [-0.05, 0) is 36.2 Å². The van der Waals surface area contributed by atoms with Crippen molar-refractivity contribution in [3.8, 4) is 0 Å². The summed E-state index contributed by atoms with van der Waals surface area (Å²) in [6.45, 7) is 7.52. The Bertz CT molecular complexity index is 345. The zero-order chi connectivity index (χ0) is 13.4. The number of aromatic nitrogens is 2. The van der Waals surface area contributed by atoms with Gasteiger partial charge < -0.3 is 0 Å². The second kappa shape index (κ2) is 8.73. The van der Waals surface area contributed by atoms with E-state index in [9.17, 15) is 0 Å². The van der Waals surface area contributed by atoms with Gasteiger partial charge in [0.1, 0.15) is 0 Å². The fraction of sp³-hybridized carbons (Fsp3) is 0.800. The van der Waals surface area contributed by atoms with Crippen LogP contribution in [0.2, 0.25) is 0 Å². The average Bonchev–Trinajstić information content (AvgIpc) is 2.60. The normalized spacial score (nSPS) is 11.1. The molecule has 0 radical (unpaired) electrons. The molecule has 2 nitrogen and oxygen atoms in total. The van der Waals surface area contributed by atoms with Gasteiger partial charge in [-0.15, -0.1) is 0 Å². The van der Waals surface area contributed by atoms with E-state index in [0.717, 1.165) is 12.2 Å². The lowest BCUT2D eigenvalue weighted by Crippen LogP contribution is -2.02. The summed E-state index contributed by atoms with van der Waals surface area (Å²) in [5, 5.41) is 4.54. The summed E-state index contributed by atoms with van der Waals surface area (Å²) in [6.07, 6.45) is 10.9. The molecule has 1 heterocycles. The standard InChI is InChI=1S/C15H27BrN2/c1-4-5-6-7-8-9-10-11-12-18-14(3)15(16)13(2)17-18/h4-12H2,1-3H3. The lowest BCUT2D eigenvalue weighted by atomic mass is 10.1. The van der Waals surface area contributed by atoms with Crippen molar-refractivity contribution in [1.29, 1.82) is 0 Å². The molecule has 0 aliphatic heterocycles. The third kappa shape index (κ3) is 5.13. The fourth-order valence-electron chi connectivity index (χ4n) is 2.29. The van der Waals surface area contributed by atoms with Crippen LogP contribution in [0.1, 0.15) is 69.7 Å². The van der Waals surface area contributed by atoms with Crippen molar-refractivity contribution in [2.45, 2.75) is 78.7 Å². The quantitative estimate of drug-likeness (QED) is 0.558. The summed E-state index contributed by atoms with van der Waals surface area (Å²) >= 11 is 3.57. The Morgan fingerprint density at radius 2 is 1.50 bits per heavy atom. The van der Waals surface area contributed by atoms with Crippen LogP contribution in [0.3, 0.4) is 0 Å². The molecule has 0 unspecified atom stereocenters. The van der Waals surface area contributed by atoms with Crippen LogP contribution in [0, 0.1) is 13.8 Å². The van der Waals surface area contributed by atoms with Gasteiger partial charge in [0.2, 0.25) is 0 Å². The van der Waals surface area contributed by atoms with Gasteiger partial charge in [0, 0.05) is 12.2 Å². The average molecular weight is 315 g/mol. The van der Waals surface area contributed by atoms with E-state index in [1.165, 1.54) is 61.5 Å². The molecule has 104 valence electrons. The van der Waals surface area contributed by atoms with Crippen LogP contribution in [0.25, 0.3) is 0 Å². The molecule has 3 heteroatoms. The minimum Gasteiger partial charge on any atom is -0.268 e. The molecule has 1 aromatic rings. The zero-order valence-corrected chi connectivity index (χ0v) is 13.7. The number of hydrogen-bond acceptors (Lipinski definition) is 1. The third-order valence-electron chi connectivity index (χ3n) is 3.52. The smallest absolute Gasteiger partial charge is 0.0738 e. The van der Waals surface area contributed by atoms with E-state index in [0.29, 0.717) is 0 Å². The highest BCUT2D eigenvalue weighted by molar-refractivity contribution is 9.10. The van der Waals surface area contributed by atoms with E-state index >= 15 is 0 Å². The Morgan fingerprint density at radius 1 is 0.944 bits per heavy atom. The molecular weight excluding hydrogens is 288 g/mol. The molecule has 0 fully saturated rings. The van der Waals surface area contributed by atoms with Gasteiger partial charge in [0.05, 0.1) is 10.2 Å². The number of rotatable bonds is 9. The first-order valence-corrected chi connectivity index (χ1v) is 8.15. The topological polar surface area (TPSA) is 17.8 Å². The van der Waals surface area contributed by atoms with E-state index < -0.39 is 0 Å². The summed E-state index contributed by atoms with van der Waals surface area (Å²) < 4.78 is 3.30. The number of hydrogen-bond donors (Lipinski definition) is 0. The second-order valence-electron chi connectivity index (χ2n) is 5.18. The first kappa shape index (κ1) is 15.7. The maximum atomic E-state index is 4.54. The molecule has 0 aliphatic rings. The van der Waals surface area contributed by atoms with Crippen LogP contribution in [0.5, 0.6) is 0 Å². The number of unbranched alkanes of at least 4 members (excludes halogenated alkanes) is 7. The molecule has 1 aromatic heterocycles. The number of aryl methyl sites for hydroxylation is 2. The molecule has 0 saturated carbocycles. The Balaban J connectivity index is 2.09. The SMILES string of the molecule is CCCCCCCCCCn1nc(C)c(Br)c1C. The van der Waals surface area contributed by atoms with Crippen molar-refractivity contribution in [1.82, 2.24) is 9.78 Å². The van der Waals surface area contributed by atoms with Crippen LogP contribution in [0.4, 0.5) is 0 Å². The first-order valence-electron chi connectivity index (χ1n) is 7.36. The molecule has 0 bridgehead atoms. The first-order chi connectivity index (χ1) is 8.66. The number of nitrogens with zero attached hydrogens (tertiary/aromatic N) is 2. The summed E-state index contributed by atoms with van der Waals surface area (Å²) in [4.78, 5) is 0. The van der Waals surface area contributed by atoms with Crippen LogP contribution >= 0.6 is 15.9 Å². The van der Waals surface area contributed by atoms with Crippen molar-refractivity contribution < 1.29 is 0 Å². The monoisotopic (exact) mass is 314 g/mol. The minimum absolute atomic E-state index is 1.06. The molecule has 0 aromatic carbocycles. The lowest BCUT2D eigenvalue weighted by Gasteiger charge is -2.04. The van der Waals surface area contributed by atoms with E-state index in [1.54, 1.807) is 0 Å². The van der Waals surface area contributed by atoms with Crippen molar-refractivity contribution >= 4 is 15.9 Å². The van der Waals surface area contributed by atoms with Crippen LogP contribution in [-0.4, -0.2) is 9.78 Å². The second-order valence-corrected chi connectivity index (χ2v) is 5.98. The zero-order valence-electron chi connectivity index (χ0n) is 12.1. The highest BCUT2D eigenvalue weighted by Gasteiger charge is 2.07. The van der Waals surface area contributed by atoms with Gasteiger partial charge in [-0.25, -0.2) is 0 Å². The van der Waals surface area contributed by atoms with Gasteiger partial charge in [0.15, 0.2) is 0 Å². The Kier molecular flexibility index (Phi) is 7.64. The molecular formula is C15H27BrN2. The van der Waals surface area contributed by atoms with Crippen molar-refractivity contribution in [2.75, 3.05) is 0 Å². The largest absolute Gasteiger partial charge is 0.268 e. The van der Waals surface area contributed by atoms with Gasteiger partial charge >= 0.3 is 0 Å². The van der Waals surface area contributed by atoms with Crippen LogP contribution in [-0.2, 0) is 6.54 Å². The highest BCUT2D eigenvalue weighted by Crippen LogP contribution is 2.20. The van der Waals surface area contributed by atoms with E-state index in [4.69, 9.17) is 0 Å². The summed E-state index contributed by atoms with van der Waals surface area (Å²) in [6, 6.07) is 0. The van der Waals surface area contributed by atoms with E-state index in [-0.39, 0.29) is 0 Å². The molecule has 0 aliphatic carbocycles. The minimum atomic E-state index is 1.06. The van der Waals surface area contributed by atoms with Crippen molar-refractivity contribution in [3.05, 3.63) is 15.9 Å². The Hall–Kier alpha value is -0.310. The van der Waals surface area contributed by atoms with Crippen LogP contribution < -0.4 is 0 Å². The molecule has 18 heavy (non-hydrogen) atoms. The fourth-order valence-corrected chi connectivity index (χ4v) is 2.57. The molecule has 0 amide bonds. The van der Waals surface area contributed by atoms with E-state index in [1.807, 2.05) is 0 Å². The van der Waals surface area contributed by atoms with Gasteiger partial charge in [-0.2, -0.15) is 5.10 Å². The lowest BCUT2D eigenvalue weighted by molar-refractivity contribution is 0.512. The van der Waals surface area contributed by atoms with Crippen molar-refractivity contribution in [3.63, 3.8) is 0 Å². The maximum absolute atomic E-state index is 4.54. The van der Waals surface area contributed by atoms with Crippen molar-refractivity contribution in [2.24, 2.45) is 0 Å². The molecule has 0 saturated heterocycles. The van der Waals surface area contributed by atoms with Gasteiger partial charge in [0.25, 0.3) is 0 Å². The summed E-state index contributed by atoms with van der Waals surface area (Å²) in [5.74, 6) is 0. The molecule has 0 atom stereocenters. The van der Waals surface area contributed by atoms with Gasteiger partial charge in [-0.3, -0.25) is 4.68 Å². The molecule has 0 N–H and O–H groups in total. The molecule has 1 rings (SSSR count). The third-order valence-corrected chi connectivity index (χ3v) is 4.66. The maximum Gasteiger partial charge on any atom is 0.0738 e. The van der Waals surface area contributed by atoms with E-state index in [2.05, 4.69) is 46.5 Å². The van der Waals surface area contributed by atoms with Crippen LogP contribution in [0.15, 0.2) is 4.47 Å². The summed E-state index contributed by atoms with van der Waals surface area (Å²) in [5.41, 5.74) is 2.36. The Morgan fingerprint density at radius 3 is 2.00 bits per heavy atom.